The number of aryl methyl sites for hydroxylation is 1. The summed E-state index contributed by atoms with van der Waals surface area (Å²) in [5, 5.41) is 4.31. The van der Waals surface area contributed by atoms with Gasteiger partial charge in [0.25, 0.3) is 0 Å². The lowest BCUT2D eigenvalue weighted by atomic mass is 9.97. The molecule has 0 bridgehead atoms. The molecule has 104 valence electrons. The van der Waals surface area contributed by atoms with Gasteiger partial charge in [0.05, 0.1) is 6.20 Å². The highest BCUT2D eigenvalue weighted by atomic mass is 19.1. The Morgan fingerprint density at radius 3 is 2.50 bits per heavy atom. The van der Waals surface area contributed by atoms with E-state index in [1.807, 2.05) is 24.7 Å². The van der Waals surface area contributed by atoms with E-state index in [4.69, 9.17) is 0 Å². The van der Waals surface area contributed by atoms with Crippen LogP contribution in [0.2, 0.25) is 0 Å². The third kappa shape index (κ3) is 4.77. The van der Waals surface area contributed by atoms with E-state index in [9.17, 15) is 4.39 Å². The first-order valence-corrected chi connectivity index (χ1v) is 7.05. The van der Waals surface area contributed by atoms with Crippen LogP contribution in [0.4, 0.5) is 4.39 Å². The predicted octanol–water partition coefficient (Wildman–Crippen LogP) is 2.90. The van der Waals surface area contributed by atoms with Gasteiger partial charge in [0.15, 0.2) is 0 Å². The van der Waals surface area contributed by atoms with Crippen molar-refractivity contribution in [3.8, 4) is 0 Å². The zero-order chi connectivity index (χ0) is 13.4. The molecule has 1 aromatic heterocycles. The molecule has 1 aliphatic heterocycles. The molecule has 2 heterocycles. The average molecular weight is 255 g/mol. The molecule has 0 saturated carbocycles. The van der Waals surface area contributed by atoms with Gasteiger partial charge in [-0.15, -0.1) is 0 Å². The van der Waals surface area contributed by atoms with Crippen LogP contribution in [0.5, 0.6) is 0 Å². The first-order chi connectivity index (χ1) is 8.78. The first kappa shape index (κ1) is 15.2. The molecule has 1 fully saturated rings. The fraction of sp³-hybridized carbons (Fsp3) is 0.786. The maximum absolute atomic E-state index is 12.2. The normalized spacial score (nSPS) is 17.3. The van der Waals surface area contributed by atoms with Gasteiger partial charge in [-0.3, -0.25) is 4.68 Å². The molecule has 4 heteroatoms. The SMILES string of the molecule is CC.Cc1cnn(CC2CCN(CCF)CC2)c1. The van der Waals surface area contributed by atoms with Gasteiger partial charge in [-0.25, -0.2) is 4.39 Å². The zero-order valence-electron chi connectivity index (χ0n) is 11.9. The quantitative estimate of drug-likeness (QED) is 0.825. The van der Waals surface area contributed by atoms with Crippen molar-refractivity contribution in [3.63, 3.8) is 0 Å². The minimum Gasteiger partial charge on any atom is -0.301 e. The summed E-state index contributed by atoms with van der Waals surface area (Å²) in [6.45, 7) is 9.53. The molecule has 0 spiro atoms. The fourth-order valence-corrected chi connectivity index (χ4v) is 2.34. The summed E-state index contributed by atoms with van der Waals surface area (Å²) < 4.78 is 14.2. The smallest absolute Gasteiger partial charge is 0.102 e. The molecule has 0 unspecified atom stereocenters. The van der Waals surface area contributed by atoms with Crippen LogP contribution in [0.1, 0.15) is 32.3 Å². The van der Waals surface area contributed by atoms with Crippen LogP contribution in [0.3, 0.4) is 0 Å². The number of nitrogens with zero attached hydrogens (tertiary/aromatic N) is 3. The summed E-state index contributed by atoms with van der Waals surface area (Å²) in [5.41, 5.74) is 1.22. The largest absolute Gasteiger partial charge is 0.301 e. The lowest BCUT2D eigenvalue weighted by molar-refractivity contribution is 0.161. The van der Waals surface area contributed by atoms with Crippen molar-refractivity contribution in [2.45, 2.75) is 40.2 Å². The predicted molar refractivity (Wildman–Crippen MR) is 73.5 cm³/mol. The van der Waals surface area contributed by atoms with E-state index in [0.29, 0.717) is 12.5 Å². The zero-order valence-corrected chi connectivity index (χ0v) is 11.9. The monoisotopic (exact) mass is 255 g/mol. The Balaban J connectivity index is 0.000000771. The van der Waals surface area contributed by atoms with E-state index in [1.54, 1.807) is 0 Å². The number of alkyl halides is 1. The minimum absolute atomic E-state index is 0.219. The van der Waals surface area contributed by atoms with Crippen LogP contribution in [0, 0.1) is 12.8 Å². The van der Waals surface area contributed by atoms with Gasteiger partial charge in [-0.1, -0.05) is 13.8 Å². The molecule has 0 aromatic carbocycles. The number of rotatable bonds is 4. The van der Waals surface area contributed by atoms with Crippen molar-refractivity contribution in [2.24, 2.45) is 5.92 Å². The van der Waals surface area contributed by atoms with Crippen LogP contribution in [0.25, 0.3) is 0 Å². The van der Waals surface area contributed by atoms with Crippen molar-refractivity contribution >= 4 is 0 Å². The maximum atomic E-state index is 12.2. The molecule has 2 rings (SSSR count). The molecule has 18 heavy (non-hydrogen) atoms. The van der Waals surface area contributed by atoms with Crippen molar-refractivity contribution in [2.75, 3.05) is 26.3 Å². The summed E-state index contributed by atoms with van der Waals surface area (Å²) in [6.07, 6.45) is 6.32. The van der Waals surface area contributed by atoms with Crippen LogP contribution in [0.15, 0.2) is 12.4 Å². The van der Waals surface area contributed by atoms with Gasteiger partial charge in [-0.2, -0.15) is 5.10 Å². The summed E-state index contributed by atoms with van der Waals surface area (Å²) in [7, 11) is 0. The molecule has 3 nitrogen and oxygen atoms in total. The van der Waals surface area contributed by atoms with E-state index in [-0.39, 0.29) is 6.67 Å². The molecule has 0 amide bonds. The number of likely N-dealkylation sites (tertiary alicyclic amines) is 1. The summed E-state index contributed by atoms with van der Waals surface area (Å²) in [6, 6.07) is 0. The molecule has 1 saturated heterocycles. The second kappa shape index (κ2) is 8.25. The highest BCUT2D eigenvalue weighted by molar-refractivity contribution is 4.99. The number of hydrogen-bond donors (Lipinski definition) is 0. The lowest BCUT2D eigenvalue weighted by Gasteiger charge is -2.31. The number of halogens is 1. The van der Waals surface area contributed by atoms with Gasteiger partial charge >= 0.3 is 0 Å². The average Bonchev–Trinajstić information content (AvgIpc) is 2.80. The number of piperidine rings is 1. The Kier molecular flexibility index (Phi) is 6.94. The highest BCUT2D eigenvalue weighted by Crippen LogP contribution is 2.18. The second-order valence-corrected chi connectivity index (χ2v) is 4.71. The van der Waals surface area contributed by atoms with E-state index >= 15 is 0 Å². The second-order valence-electron chi connectivity index (χ2n) is 4.71. The van der Waals surface area contributed by atoms with Gasteiger partial charge in [0, 0.05) is 19.3 Å². The summed E-state index contributed by atoms with van der Waals surface area (Å²) in [5.74, 6) is 0.704. The molecule has 0 aliphatic carbocycles. The van der Waals surface area contributed by atoms with Crippen molar-refractivity contribution in [3.05, 3.63) is 18.0 Å². The van der Waals surface area contributed by atoms with Gasteiger partial charge in [0.1, 0.15) is 6.67 Å². The molecule has 0 N–H and O–H groups in total. The Morgan fingerprint density at radius 2 is 2.00 bits per heavy atom. The fourth-order valence-electron chi connectivity index (χ4n) is 2.34. The molecule has 1 aromatic rings. The standard InChI is InChI=1S/C12H20FN3.C2H6/c1-11-8-14-16(9-11)10-12-2-5-15(6-3-12)7-4-13;1-2/h8-9,12H,2-7,10H2,1H3;1-2H3. The third-order valence-electron chi connectivity index (χ3n) is 3.32. The summed E-state index contributed by atoms with van der Waals surface area (Å²) in [4.78, 5) is 2.21. The lowest BCUT2D eigenvalue weighted by Crippen LogP contribution is -2.36. The molecule has 1 aliphatic rings. The third-order valence-corrected chi connectivity index (χ3v) is 3.32. The van der Waals surface area contributed by atoms with E-state index in [1.165, 1.54) is 18.4 Å². The van der Waals surface area contributed by atoms with Crippen molar-refractivity contribution in [1.82, 2.24) is 14.7 Å². The molecule has 0 radical (unpaired) electrons. The Morgan fingerprint density at radius 1 is 1.33 bits per heavy atom. The van der Waals surface area contributed by atoms with Gasteiger partial charge in [0.2, 0.25) is 0 Å². The van der Waals surface area contributed by atoms with Crippen LogP contribution >= 0.6 is 0 Å². The maximum Gasteiger partial charge on any atom is 0.102 e. The van der Waals surface area contributed by atoms with E-state index < -0.39 is 0 Å². The van der Waals surface area contributed by atoms with Crippen molar-refractivity contribution in [1.29, 1.82) is 0 Å². The van der Waals surface area contributed by atoms with Crippen molar-refractivity contribution < 1.29 is 4.39 Å². The van der Waals surface area contributed by atoms with E-state index in [2.05, 4.69) is 23.1 Å². The van der Waals surface area contributed by atoms with Crippen LogP contribution < -0.4 is 0 Å². The van der Waals surface area contributed by atoms with Gasteiger partial charge < -0.3 is 4.90 Å². The molecular weight excluding hydrogens is 229 g/mol. The first-order valence-electron chi connectivity index (χ1n) is 7.05. The van der Waals surface area contributed by atoms with Crippen LogP contribution in [-0.4, -0.2) is 41.0 Å². The topological polar surface area (TPSA) is 21.1 Å². The molecule has 0 atom stereocenters. The Bertz CT molecular complexity index is 317. The number of hydrogen-bond acceptors (Lipinski definition) is 2. The minimum atomic E-state index is -0.219. The molecular formula is C14H26FN3. The Hall–Kier alpha value is -0.900. The number of aromatic nitrogens is 2. The Labute approximate surface area is 110 Å². The highest BCUT2D eigenvalue weighted by Gasteiger charge is 2.19. The van der Waals surface area contributed by atoms with E-state index in [0.717, 1.165) is 19.6 Å². The van der Waals surface area contributed by atoms with Gasteiger partial charge in [-0.05, 0) is 44.3 Å². The van der Waals surface area contributed by atoms with Crippen LogP contribution in [-0.2, 0) is 6.54 Å². The summed E-state index contributed by atoms with van der Waals surface area (Å²) >= 11 is 0.